The molecule has 0 aliphatic carbocycles. The third-order valence-electron chi connectivity index (χ3n) is 3.01. The van der Waals surface area contributed by atoms with Crippen LogP contribution < -0.4 is 5.32 Å². The number of benzene rings is 1. The molecule has 21 heavy (non-hydrogen) atoms. The molecule has 1 atom stereocenters. The molecule has 0 saturated carbocycles. The molecule has 0 fully saturated rings. The molecule has 0 saturated heterocycles. The number of aliphatic carboxylic acids is 1. The van der Waals surface area contributed by atoms with Crippen LogP contribution in [0, 0.1) is 5.92 Å². The highest BCUT2D eigenvalue weighted by atomic mass is 19.4. The van der Waals surface area contributed by atoms with E-state index in [0.717, 1.165) is 12.1 Å². The number of rotatable bonds is 6. The van der Waals surface area contributed by atoms with Crippen molar-refractivity contribution in [2.75, 3.05) is 6.54 Å². The number of hydrogen-bond donors (Lipinski definition) is 2. The zero-order valence-electron chi connectivity index (χ0n) is 11.4. The van der Waals surface area contributed by atoms with Gasteiger partial charge in [0.25, 0.3) is 0 Å². The first-order valence-corrected chi connectivity index (χ1v) is 6.39. The monoisotopic (exact) mass is 303 g/mol. The van der Waals surface area contributed by atoms with Crippen LogP contribution in [0.5, 0.6) is 0 Å². The van der Waals surface area contributed by atoms with Gasteiger partial charge in [0.15, 0.2) is 0 Å². The van der Waals surface area contributed by atoms with Crippen LogP contribution in [0.2, 0.25) is 0 Å². The van der Waals surface area contributed by atoms with Crippen molar-refractivity contribution in [3.63, 3.8) is 0 Å². The van der Waals surface area contributed by atoms with Crippen molar-refractivity contribution < 1.29 is 27.9 Å². The van der Waals surface area contributed by atoms with Crippen LogP contribution in [0.25, 0.3) is 0 Å². The van der Waals surface area contributed by atoms with E-state index in [1.807, 2.05) is 0 Å². The molecule has 1 amide bonds. The first-order valence-electron chi connectivity index (χ1n) is 6.39. The molecule has 1 aromatic carbocycles. The molecule has 0 aliphatic heterocycles. The molecule has 116 valence electrons. The van der Waals surface area contributed by atoms with Crippen LogP contribution in [-0.4, -0.2) is 23.5 Å². The van der Waals surface area contributed by atoms with Gasteiger partial charge in [0.05, 0.1) is 17.9 Å². The van der Waals surface area contributed by atoms with Crippen molar-refractivity contribution in [1.29, 1.82) is 0 Å². The number of carboxylic acids is 1. The lowest BCUT2D eigenvalue weighted by Gasteiger charge is -2.12. The Balaban J connectivity index is 2.61. The standard InChI is InChI=1S/C14H16F3NO3/c1-2-10(13(20)21)8-18-12(19)7-9-4-3-5-11(6-9)14(15,16)17/h3-6,10H,2,7-8H2,1H3,(H,18,19)(H,20,21). The van der Waals surface area contributed by atoms with Crippen molar-refractivity contribution in [2.24, 2.45) is 5.92 Å². The summed E-state index contributed by atoms with van der Waals surface area (Å²) in [4.78, 5) is 22.4. The molecule has 0 radical (unpaired) electrons. The largest absolute Gasteiger partial charge is 0.481 e. The van der Waals surface area contributed by atoms with Gasteiger partial charge in [-0.2, -0.15) is 13.2 Å². The van der Waals surface area contributed by atoms with E-state index in [-0.39, 0.29) is 18.5 Å². The van der Waals surface area contributed by atoms with Gasteiger partial charge in [0.2, 0.25) is 5.91 Å². The van der Waals surface area contributed by atoms with E-state index in [0.29, 0.717) is 6.42 Å². The molecular formula is C14H16F3NO3. The highest BCUT2D eigenvalue weighted by Gasteiger charge is 2.30. The van der Waals surface area contributed by atoms with E-state index >= 15 is 0 Å². The molecule has 7 heteroatoms. The highest BCUT2D eigenvalue weighted by Crippen LogP contribution is 2.29. The lowest BCUT2D eigenvalue weighted by atomic mass is 10.1. The summed E-state index contributed by atoms with van der Waals surface area (Å²) in [6.45, 7) is 1.64. The van der Waals surface area contributed by atoms with Gasteiger partial charge in [0, 0.05) is 6.54 Å². The van der Waals surface area contributed by atoms with E-state index in [9.17, 15) is 22.8 Å². The minimum Gasteiger partial charge on any atom is -0.481 e. The molecule has 0 aliphatic rings. The Kier molecular flexibility index (Phi) is 5.75. The Morgan fingerprint density at radius 1 is 1.33 bits per heavy atom. The maximum absolute atomic E-state index is 12.5. The van der Waals surface area contributed by atoms with Gasteiger partial charge in [-0.05, 0) is 18.1 Å². The van der Waals surface area contributed by atoms with Crippen molar-refractivity contribution in [3.8, 4) is 0 Å². The fourth-order valence-electron chi connectivity index (χ4n) is 1.75. The lowest BCUT2D eigenvalue weighted by Crippen LogP contribution is -2.33. The normalized spacial score (nSPS) is 12.8. The van der Waals surface area contributed by atoms with Gasteiger partial charge in [-0.1, -0.05) is 25.1 Å². The van der Waals surface area contributed by atoms with E-state index < -0.39 is 29.5 Å². The molecule has 0 heterocycles. The van der Waals surface area contributed by atoms with Crippen molar-refractivity contribution >= 4 is 11.9 Å². The maximum atomic E-state index is 12.5. The maximum Gasteiger partial charge on any atom is 0.416 e. The number of carbonyl (C=O) groups is 2. The molecule has 0 bridgehead atoms. The van der Waals surface area contributed by atoms with Gasteiger partial charge in [-0.3, -0.25) is 9.59 Å². The zero-order valence-corrected chi connectivity index (χ0v) is 11.4. The van der Waals surface area contributed by atoms with Gasteiger partial charge < -0.3 is 10.4 Å². The topological polar surface area (TPSA) is 66.4 Å². The fourth-order valence-corrected chi connectivity index (χ4v) is 1.75. The van der Waals surface area contributed by atoms with Gasteiger partial charge >= 0.3 is 12.1 Å². The zero-order chi connectivity index (χ0) is 16.0. The number of carboxylic acid groups (broad SMARTS) is 1. The summed E-state index contributed by atoms with van der Waals surface area (Å²) >= 11 is 0. The van der Waals surface area contributed by atoms with E-state index in [1.165, 1.54) is 12.1 Å². The second-order valence-corrected chi connectivity index (χ2v) is 4.62. The number of carbonyl (C=O) groups excluding carboxylic acids is 1. The lowest BCUT2D eigenvalue weighted by molar-refractivity contribution is -0.142. The average Bonchev–Trinajstić information content (AvgIpc) is 2.38. The Bertz CT molecular complexity index is 514. The van der Waals surface area contributed by atoms with Crippen molar-refractivity contribution in [1.82, 2.24) is 5.32 Å². The van der Waals surface area contributed by atoms with E-state index in [2.05, 4.69) is 5.32 Å². The predicted octanol–water partition coefficient (Wildman–Crippen LogP) is 2.47. The van der Waals surface area contributed by atoms with Crippen molar-refractivity contribution in [3.05, 3.63) is 35.4 Å². The smallest absolute Gasteiger partial charge is 0.416 e. The van der Waals surface area contributed by atoms with Gasteiger partial charge in [-0.15, -0.1) is 0 Å². The number of hydrogen-bond acceptors (Lipinski definition) is 2. The van der Waals surface area contributed by atoms with Gasteiger partial charge in [0.1, 0.15) is 0 Å². The highest BCUT2D eigenvalue weighted by molar-refractivity contribution is 5.79. The molecule has 1 aromatic rings. The summed E-state index contributed by atoms with van der Waals surface area (Å²) in [5.74, 6) is -2.22. The molecular weight excluding hydrogens is 287 g/mol. The first-order chi connectivity index (χ1) is 9.74. The summed E-state index contributed by atoms with van der Waals surface area (Å²) in [5, 5.41) is 11.2. The molecule has 2 N–H and O–H groups in total. The Hall–Kier alpha value is -2.05. The van der Waals surface area contributed by atoms with Crippen LogP contribution in [0.1, 0.15) is 24.5 Å². The van der Waals surface area contributed by atoms with Crippen LogP contribution in [0.4, 0.5) is 13.2 Å². The predicted molar refractivity (Wildman–Crippen MR) is 69.6 cm³/mol. The first kappa shape index (κ1) is 17.0. The quantitative estimate of drug-likeness (QED) is 0.848. The summed E-state index contributed by atoms with van der Waals surface area (Å²) in [6.07, 6.45) is -4.32. The van der Waals surface area contributed by atoms with Crippen LogP contribution in [0.15, 0.2) is 24.3 Å². The summed E-state index contributed by atoms with van der Waals surface area (Å²) in [7, 11) is 0. The number of alkyl halides is 3. The molecule has 0 aromatic heterocycles. The Labute approximate surface area is 120 Å². The summed E-state index contributed by atoms with van der Waals surface area (Å²) < 4.78 is 37.6. The summed E-state index contributed by atoms with van der Waals surface area (Å²) in [5.41, 5.74) is -0.588. The second kappa shape index (κ2) is 7.10. The van der Waals surface area contributed by atoms with Crippen LogP contribution >= 0.6 is 0 Å². The van der Waals surface area contributed by atoms with Crippen molar-refractivity contribution in [2.45, 2.75) is 25.9 Å². The van der Waals surface area contributed by atoms with Gasteiger partial charge in [-0.25, -0.2) is 0 Å². The minimum atomic E-state index is -4.46. The van der Waals surface area contributed by atoms with Crippen LogP contribution in [0.3, 0.4) is 0 Å². The number of halogens is 3. The molecule has 1 unspecified atom stereocenters. The Morgan fingerprint density at radius 3 is 2.52 bits per heavy atom. The third kappa shape index (κ3) is 5.45. The average molecular weight is 303 g/mol. The number of nitrogens with one attached hydrogen (secondary N) is 1. The molecule has 0 spiro atoms. The third-order valence-corrected chi connectivity index (χ3v) is 3.01. The van der Waals surface area contributed by atoms with E-state index in [1.54, 1.807) is 6.92 Å². The second-order valence-electron chi connectivity index (χ2n) is 4.62. The summed E-state index contributed by atoms with van der Waals surface area (Å²) in [6, 6.07) is 4.49. The SMILES string of the molecule is CCC(CNC(=O)Cc1cccc(C(F)(F)F)c1)C(=O)O. The fraction of sp³-hybridized carbons (Fsp3) is 0.429. The molecule has 4 nitrogen and oxygen atoms in total. The van der Waals surface area contributed by atoms with Crippen LogP contribution in [-0.2, 0) is 22.2 Å². The minimum absolute atomic E-state index is 0.0381. The molecule has 1 rings (SSSR count). The number of amides is 1. The van der Waals surface area contributed by atoms with E-state index in [4.69, 9.17) is 5.11 Å². The Morgan fingerprint density at radius 2 is 2.00 bits per heavy atom.